The summed E-state index contributed by atoms with van der Waals surface area (Å²) in [6.45, 7) is 4.21. The van der Waals surface area contributed by atoms with Gasteiger partial charge >= 0.3 is 0 Å². The van der Waals surface area contributed by atoms with Gasteiger partial charge in [0.15, 0.2) is 0 Å². The Morgan fingerprint density at radius 3 is 2.56 bits per heavy atom. The molecule has 0 aromatic rings. The fourth-order valence-corrected chi connectivity index (χ4v) is 2.26. The van der Waals surface area contributed by atoms with Crippen molar-refractivity contribution in [2.45, 2.75) is 44.7 Å². The van der Waals surface area contributed by atoms with Gasteiger partial charge in [-0.25, -0.2) is 0 Å². The maximum atomic E-state index is 12.0. The maximum Gasteiger partial charge on any atom is 0.239 e. The van der Waals surface area contributed by atoms with Crippen LogP contribution in [0.2, 0.25) is 0 Å². The van der Waals surface area contributed by atoms with Crippen LogP contribution in [0.3, 0.4) is 0 Å². The SMILES string of the molecule is CCCC(N)C(=O)N(C)C1CCN(C)CC1. The van der Waals surface area contributed by atoms with Gasteiger partial charge in [-0.1, -0.05) is 13.3 Å². The zero-order valence-corrected chi connectivity index (χ0v) is 10.8. The third-order valence-electron chi connectivity index (χ3n) is 3.50. The van der Waals surface area contributed by atoms with Crippen LogP contribution in [0.4, 0.5) is 0 Å². The number of likely N-dealkylation sites (tertiary alicyclic amines) is 1. The van der Waals surface area contributed by atoms with E-state index < -0.39 is 0 Å². The van der Waals surface area contributed by atoms with Gasteiger partial charge in [-0.3, -0.25) is 4.79 Å². The Hall–Kier alpha value is -0.610. The second kappa shape index (κ2) is 6.21. The first kappa shape index (κ1) is 13.5. The lowest BCUT2D eigenvalue weighted by Gasteiger charge is -2.36. The number of rotatable bonds is 4. The highest BCUT2D eigenvalue weighted by Gasteiger charge is 2.26. The minimum absolute atomic E-state index is 0.108. The molecule has 0 bridgehead atoms. The first-order valence-corrected chi connectivity index (χ1v) is 6.27. The first-order valence-electron chi connectivity index (χ1n) is 6.27. The minimum Gasteiger partial charge on any atom is -0.341 e. The zero-order valence-electron chi connectivity index (χ0n) is 10.8. The molecule has 1 saturated heterocycles. The summed E-state index contributed by atoms with van der Waals surface area (Å²) < 4.78 is 0. The molecule has 0 saturated carbocycles. The van der Waals surface area contributed by atoms with Crippen LogP contribution in [0.15, 0.2) is 0 Å². The van der Waals surface area contributed by atoms with Crippen LogP contribution in [0.1, 0.15) is 32.6 Å². The van der Waals surface area contributed by atoms with E-state index in [-0.39, 0.29) is 11.9 Å². The van der Waals surface area contributed by atoms with Crippen LogP contribution in [-0.2, 0) is 4.79 Å². The molecule has 0 spiro atoms. The van der Waals surface area contributed by atoms with Gasteiger partial charge in [0.25, 0.3) is 0 Å². The van der Waals surface area contributed by atoms with Gasteiger partial charge in [-0.05, 0) is 39.4 Å². The molecule has 1 fully saturated rings. The Labute approximate surface area is 98.8 Å². The van der Waals surface area contributed by atoms with Gasteiger partial charge in [-0.15, -0.1) is 0 Å². The fraction of sp³-hybridized carbons (Fsp3) is 0.917. The number of amides is 1. The molecule has 0 aromatic carbocycles. The smallest absolute Gasteiger partial charge is 0.239 e. The lowest BCUT2D eigenvalue weighted by molar-refractivity contribution is -0.134. The van der Waals surface area contributed by atoms with E-state index in [1.807, 2.05) is 11.9 Å². The second-order valence-electron chi connectivity index (χ2n) is 4.88. The van der Waals surface area contributed by atoms with E-state index in [1.165, 1.54) is 0 Å². The minimum atomic E-state index is -0.311. The van der Waals surface area contributed by atoms with E-state index in [0.29, 0.717) is 6.04 Å². The van der Waals surface area contributed by atoms with Gasteiger partial charge in [0.1, 0.15) is 0 Å². The molecular formula is C12H25N3O. The molecule has 16 heavy (non-hydrogen) atoms. The molecule has 1 aliphatic heterocycles. The van der Waals surface area contributed by atoms with Crippen molar-refractivity contribution in [2.75, 3.05) is 27.2 Å². The predicted octanol–water partition coefficient (Wildman–Crippen LogP) is 0.666. The van der Waals surface area contributed by atoms with Gasteiger partial charge in [0.2, 0.25) is 5.91 Å². The molecule has 1 unspecified atom stereocenters. The van der Waals surface area contributed by atoms with Gasteiger partial charge in [0, 0.05) is 13.1 Å². The summed E-state index contributed by atoms with van der Waals surface area (Å²) in [6, 6.07) is 0.0706. The number of carbonyl (C=O) groups excluding carboxylic acids is 1. The summed E-state index contributed by atoms with van der Waals surface area (Å²) >= 11 is 0. The summed E-state index contributed by atoms with van der Waals surface area (Å²) in [5, 5.41) is 0. The van der Waals surface area contributed by atoms with Crippen molar-refractivity contribution in [1.29, 1.82) is 0 Å². The third-order valence-corrected chi connectivity index (χ3v) is 3.50. The molecule has 1 aliphatic rings. The molecule has 1 amide bonds. The van der Waals surface area contributed by atoms with Crippen molar-refractivity contribution in [3.8, 4) is 0 Å². The topological polar surface area (TPSA) is 49.6 Å². The van der Waals surface area contributed by atoms with E-state index in [4.69, 9.17) is 5.73 Å². The highest BCUT2D eigenvalue weighted by atomic mass is 16.2. The number of piperidine rings is 1. The Bertz CT molecular complexity index is 224. The van der Waals surface area contributed by atoms with Crippen LogP contribution in [0.25, 0.3) is 0 Å². The molecule has 2 N–H and O–H groups in total. The number of hydrogen-bond acceptors (Lipinski definition) is 3. The average Bonchev–Trinajstić information content (AvgIpc) is 2.28. The number of hydrogen-bond donors (Lipinski definition) is 1. The summed E-state index contributed by atoms with van der Waals surface area (Å²) in [7, 11) is 4.02. The Morgan fingerprint density at radius 1 is 1.50 bits per heavy atom. The summed E-state index contributed by atoms with van der Waals surface area (Å²) in [4.78, 5) is 16.2. The van der Waals surface area contributed by atoms with E-state index in [1.54, 1.807) is 0 Å². The number of carbonyl (C=O) groups is 1. The van der Waals surface area contributed by atoms with Gasteiger partial charge in [-0.2, -0.15) is 0 Å². The van der Waals surface area contributed by atoms with Crippen molar-refractivity contribution in [1.82, 2.24) is 9.80 Å². The molecular weight excluding hydrogens is 202 g/mol. The molecule has 0 aliphatic carbocycles. The van der Waals surface area contributed by atoms with E-state index >= 15 is 0 Å². The van der Waals surface area contributed by atoms with Crippen LogP contribution in [-0.4, -0.2) is 55.0 Å². The quantitative estimate of drug-likeness (QED) is 0.768. The molecule has 4 heteroatoms. The normalized spacial score (nSPS) is 20.8. The maximum absolute atomic E-state index is 12.0. The lowest BCUT2D eigenvalue weighted by atomic mass is 10.0. The lowest BCUT2D eigenvalue weighted by Crippen LogP contribution is -2.49. The Balaban J connectivity index is 2.44. The number of nitrogens with two attached hydrogens (primary N) is 1. The molecule has 0 radical (unpaired) electrons. The molecule has 0 aromatic heterocycles. The van der Waals surface area contributed by atoms with Gasteiger partial charge in [0.05, 0.1) is 6.04 Å². The fourth-order valence-electron chi connectivity index (χ4n) is 2.26. The van der Waals surface area contributed by atoms with Crippen molar-refractivity contribution < 1.29 is 4.79 Å². The highest BCUT2D eigenvalue weighted by molar-refractivity contribution is 5.81. The van der Waals surface area contributed by atoms with Crippen LogP contribution in [0, 0.1) is 0 Å². The number of likely N-dealkylation sites (N-methyl/N-ethyl adjacent to an activating group) is 1. The van der Waals surface area contributed by atoms with Crippen LogP contribution >= 0.6 is 0 Å². The summed E-state index contributed by atoms with van der Waals surface area (Å²) in [5.74, 6) is 0.108. The monoisotopic (exact) mass is 227 g/mol. The Morgan fingerprint density at radius 2 is 2.06 bits per heavy atom. The standard InChI is InChI=1S/C12H25N3O/c1-4-5-11(13)12(16)15(3)10-6-8-14(2)9-7-10/h10-11H,4-9,13H2,1-3H3. The van der Waals surface area contributed by atoms with Crippen molar-refractivity contribution in [2.24, 2.45) is 5.73 Å². The second-order valence-corrected chi connectivity index (χ2v) is 4.88. The molecule has 1 rings (SSSR count). The van der Waals surface area contributed by atoms with Crippen molar-refractivity contribution in [3.05, 3.63) is 0 Å². The van der Waals surface area contributed by atoms with E-state index in [2.05, 4.69) is 18.9 Å². The predicted molar refractivity (Wildman–Crippen MR) is 66.2 cm³/mol. The highest BCUT2D eigenvalue weighted by Crippen LogP contribution is 2.15. The zero-order chi connectivity index (χ0) is 12.1. The largest absolute Gasteiger partial charge is 0.341 e. The molecule has 1 atom stereocenters. The number of nitrogens with zero attached hydrogens (tertiary/aromatic N) is 2. The first-order chi connectivity index (χ1) is 7.56. The summed E-state index contributed by atoms with van der Waals surface area (Å²) in [5.41, 5.74) is 5.86. The van der Waals surface area contributed by atoms with E-state index in [0.717, 1.165) is 38.8 Å². The molecule has 1 heterocycles. The Kier molecular flexibility index (Phi) is 5.22. The van der Waals surface area contributed by atoms with E-state index in [9.17, 15) is 4.79 Å². The average molecular weight is 227 g/mol. The van der Waals surface area contributed by atoms with Crippen molar-refractivity contribution in [3.63, 3.8) is 0 Å². The molecule has 4 nitrogen and oxygen atoms in total. The van der Waals surface area contributed by atoms with Gasteiger partial charge < -0.3 is 15.5 Å². The van der Waals surface area contributed by atoms with Crippen LogP contribution < -0.4 is 5.73 Å². The van der Waals surface area contributed by atoms with Crippen molar-refractivity contribution >= 4 is 5.91 Å². The third kappa shape index (κ3) is 3.46. The van der Waals surface area contributed by atoms with Crippen LogP contribution in [0.5, 0.6) is 0 Å². The molecule has 94 valence electrons. The summed E-state index contributed by atoms with van der Waals surface area (Å²) in [6.07, 6.45) is 3.89.